The van der Waals surface area contributed by atoms with Crippen LogP contribution in [0.1, 0.15) is 35.4 Å². The molecular weight excluding hydrogens is 350 g/mol. The van der Waals surface area contributed by atoms with Gasteiger partial charge in [-0.15, -0.1) is 6.58 Å². The molecule has 1 heterocycles. The molecule has 28 heavy (non-hydrogen) atoms. The Labute approximate surface area is 166 Å². The maximum Gasteiger partial charge on any atom is 0.255 e. The summed E-state index contributed by atoms with van der Waals surface area (Å²) in [5, 5.41) is 2.97. The molecule has 5 heteroatoms. The topological polar surface area (TPSA) is 56.2 Å². The number of fused-ring (bicyclic) bond motifs is 1. The largest absolute Gasteiger partial charge is 0.496 e. The number of aryl methyl sites for hydroxylation is 1. The second kappa shape index (κ2) is 9.74. The maximum absolute atomic E-state index is 12.3. The van der Waals surface area contributed by atoms with Gasteiger partial charge in [-0.3, -0.25) is 4.79 Å². The van der Waals surface area contributed by atoms with Gasteiger partial charge in [-0.25, -0.2) is 4.98 Å². The molecule has 0 radical (unpaired) electrons. The Morgan fingerprint density at radius 2 is 1.93 bits per heavy atom. The van der Waals surface area contributed by atoms with Gasteiger partial charge in [-0.1, -0.05) is 36.8 Å². The van der Waals surface area contributed by atoms with Gasteiger partial charge in [0, 0.05) is 19.5 Å². The number of hydrogen-bond acceptors (Lipinski definition) is 3. The molecule has 0 aliphatic carbocycles. The Kier molecular flexibility index (Phi) is 6.84. The van der Waals surface area contributed by atoms with E-state index in [-0.39, 0.29) is 5.91 Å². The van der Waals surface area contributed by atoms with Crippen molar-refractivity contribution in [2.75, 3.05) is 13.7 Å². The summed E-state index contributed by atoms with van der Waals surface area (Å²) < 4.78 is 7.47. The standard InChI is InChI=1S/C23H27N3O2/c1-3-17-26-20-13-8-7-12-19(20)25-22(26)15-5-4-10-16-24-23(27)18-11-6-9-14-21(18)28-2/h3,6-9,11-14H,1,4-5,10,15-17H2,2H3,(H,24,27). The van der Waals surface area contributed by atoms with E-state index in [0.29, 0.717) is 17.9 Å². The van der Waals surface area contributed by atoms with E-state index in [1.54, 1.807) is 19.2 Å². The minimum absolute atomic E-state index is 0.0924. The molecule has 3 aromatic rings. The summed E-state index contributed by atoms with van der Waals surface area (Å²) in [4.78, 5) is 17.0. The van der Waals surface area contributed by atoms with Gasteiger partial charge in [0.25, 0.3) is 5.91 Å². The molecule has 0 saturated carbocycles. The number of carbonyl (C=O) groups excluding carboxylic acids is 1. The lowest BCUT2D eigenvalue weighted by molar-refractivity contribution is 0.0950. The number of imidazole rings is 1. The molecule has 1 N–H and O–H groups in total. The summed E-state index contributed by atoms with van der Waals surface area (Å²) in [6, 6.07) is 15.5. The van der Waals surface area contributed by atoms with Crippen LogP contribution in [0.2, 0.25) is 0 Å². The lowest BCUT2D eigenvalue weighted by Gasteiger charge is -2.09. The van der Waals surface area contributed by atoms with Crippen molar-refractivity contribution in [3.63, 3.8) is 0 Å². The van der Waals surface area contributed by atoms with E-state index in [9.17, 15) is 4.79 Å². The monoisotopic (exact) mass is 377 g/mol. The summed E-state index contributed by atoms with van der Waals surface area (Å²) in [7, 11) is 1.58. The number of hydrogen-bond donors (Lipinski definition) is 1. The molecular formula is C23H27N3O2. The zero-order chi connectivity index (χ0) is 19.8. The number of carbonyl (C=O) groups is 1. The van der Waals surface area contributed by atoms with Gasteiger partial charge in [0.1, 0.15) is 11.6 Å². The number of amides is 1. The van der Waals surface area contributed by atoms with Gasteiger partial charge in [0.2, 0.25) is 0 Å². The van der Waals surface area contributed by atoms with Crippen molar-refractivity contribution in [2.45, 2.75) is 32.2 Å². The van der Waals surface area contributed by atoms with Crippen LogP contribution in [0.4, 0.5) is 0 Å². The average Bonchev–Trinajstić information content (AvgIpc) is 3.08. The number of unbranched alkanes of at least 4 members (excludes halogenated alkanes) is 2. The number of methoxy groups -OCH3 is 1. The number of nitrogens with one attached hydrogen (secondary N) is 1. The van der Waals surface area contributed by atoms with Gasteiger partial charge >= 0.3 is 0 Å². The highest BCUT2D eigenvalue weighted by molar-refractivity contribution is 5.96. The first-order valence-electron chi connectivity index (χ1n) is 9.71. The van der Waals surface area contributed by atoms with Gasteiger partial charge in [0.05, 0.1) is 23.7 Å². The zero-order valence-electron chi connectivity index (χ0n) is 16.4. The van der Waals surface area contributed by atoms with E-state index in [1.165, 1.54) is 0 Å². The molecule has 0 aliphatic heterocycles. The van der Waals surface area contributed by atoms with E-state index in [4.69, 9.17) is 9.72 Å². The number of aromatic nitrogens is 2. The fourth-order valence-corrected chi connectivity index (χ4v) is 3.36. The molecule has 0 unspecified atom stereocenters. The van der Waals surface area contributed by atoms with E-state index >= 15 is 0 Å². The third-order valence-electron chi connectivity index (χ3n) is 4.76. The Balaban J connectivity index is 1.46. The molecule has 0 aliphatic rings. The first-order valence-corrected chi connectivity index (χ1v) is 9.71. The van der Waals surface area contributed by atoms with Crippen molar-refractivity contribution in [1.82, 2.24) is 14.9 Å². The average molecular weight is 377 g/mol. The van der Waals surface area contributed by atoms with E-state index in [1.807, 2.05) is 36.4 Å². The molecule has 1 amide bonds. The van der Waals surface area contributed by atoms with Crippen molar-refractivity contribution >= 4 is 16.9 Å². The van der Waals surface area contributed by atoms with Crippen LogP contribution < -0.4 is 10.1 Å². The van der Waals surface area contributed by atoms with Crippen LogP contribution >= 0.6 is 0 Å². The van der Waals surface area contributed by atoms with Crippen LogP contribution in [0, 0.1) is 0 Å². The molecule has 0 saturated heterocycles. The molecule has 1 aromatic heterocycles. The Hall–Kier alpha value is -3.08. The zero-order valence-corrected chi connectivity index (χ0v) is 16.4. The first-order chi connectivity index (χ1) is 13.7. The van der Waals surface area contributed by atoms with Crippen LogP contribution in [0.5, 0.6) is 5.75 Å². The van der Waals surface area contributed by atoms with Gasteiger partial charge in [0.15, 0.2) is 0 Å². The predicted molar refractivity (Wildman–Crippen MR) is 113 cm³/mol. The fourth-order valence-electron chi connectivity index (χ4n) is 3.36. The highest BCUT2D eigenvalue weighted by atomic mass is 16.5. The summed E-state index contributed by atoms with van der Waals surface area (Å²) in [6.45, 7) is 5.28. The Bertz CT molecular complexity index is 946. The lowest BCUT2D eigenvalue weighted by atomic mass is 10.1. The molecule has 2 aromatic carbocycles. The number of para-hydroxylation sites is 3. The molecule has 146 valence electrons. The van der Waals surface area contributed by atoms with Gasteiger partial charge < -0.3 is 14.6 Å². The number of rotatable bonds is 10. The van der Waals surface area contributed by atoms with Crippen molar-refractivity contribution in [3.05, 3.63) is 72.6 Å². The highest BCUT2D eigenvalue weighted by Gasteiger charge is 2.11. The SMILES string of the molecule is C=CCn1c(CCCCCNC(=O)c2ccccc2OC)nc2ccccc21. The van der Waals surface area contributed by atoms with Crippen LogP contribution in [-0.4, -0.2) is 29.1 Å². The molecule has 0 atom stereocenters. The number of ether oxygens (including phenoxy) is 1. The normalized spacial score (nSPS) is 10.8. The van der Waals surface area contributed by atoms with Crippen LogP contribution in [0.15, 0.2) is 61.2 Å². The van der Waals surface area contributed by atoms with Crippen LogP contribution in [-0.2, 0) is 13.0 Å². The third-order valence-corrected chi connectivity index (χ3v) is 4.76. The van der Waals surface area contributed by atoms with Gasteiger partial charge in [-0.2, -0.15) is 0 Å². The Morgan fingerprint density at radius 3 is 2.75 bits per heavy atom. The van der Waals surface area contributed by atoms with E-state index < -0.39 is 0 Å². The van der Waals surface area contributed by atoms with Gasteiger partial charge in [-0.05, 0) is 37.1 Å². The molecule has 3 rings (SSSR count). The quantitative estimate of drug-likeness (QED) is 0.421. The first kappa shape index (κ1) is 19.7. The number of nitrogens with zero attached hydrogens (tertiary/aromatic N) is 2. The summed E-state index contributed by atoms with van der Waals surface area (Å²) in [5.74, 6) is 1.60. The van der Waals surface area contributed by atoms with E-state index in [2.05, 4.69) is 22.5 Å². The second-order valence-electron chi connectivity index (χ2n) is 6.68. The smallest absolute Gasteiger partial charge is 0.255 e. The lowest BCUT2D eigenvalue weighted by Crippen LogP contribution is -2.24. The summed E-state index contributed by atoms with van der Waals surface area (Å²) in [6.07, 6.45) is 5.82. The number of benzene rings is 2. The fraction of sp³-hybridized carbons (Fsp3) is 0.304. The van der Waals surface area contributed by atoms with Crippen molar-refractivity contribution in [2.24, 2.45) is 0 Å². The molecule has 5 nitrogen and oxygen atoms in total. The second-order valence-corrected chi connectivity index (χ2v) is 6.68. The molecule has 0 fully saturated rings. The van der Waals surface area contributed by atoms with Crippen molar-refractivity contribution in [3.8, 4) is 5.75 Å². The van der Waals surface area contributed by atoms with Crippen LogP contribution in [0.25, 0.3) is 11.0 Å². The highest BCUT2D eigenvalue weighted by Crippen LogP contribution is 2.18. The third kappa shape index (κ3) is 4.60. The maximum atomic E-state index is 12.3. The molecule has 0 bridgehead atoms. The Morgan fingerprint density at radius 1 is 1.14 bits per heavy atom. The van der Waals surface area contributed by atoms with Crippen LogP contribution in [0.3, 0.4) is 0 Å². The minimum atomic E-state index is -0.0924. The van der Waals surface area contributed by atoms with Crippen molar-refractivity contribution < 1.29 is 9.53 Å². The number of allylic oxidation sites excluding steroid dienone is 1. The predicted octanol–water partition coefficient (Wildman–Crippen LogP) is 4.37. The summed E-state index contributed by atoms with van der Waals surface area (Å²) in [5.41, 5.74) is 2.76. The molecule has 0 spiro atoms. The van der Waals surface area contributed by atoms with E-state index in [0.717, 1.165) is 49.1 Å². The minimum Gasteiger partial charge on any atom is -0.496 e. The van der Waals surface area contributed by atoms with Crippen molar-refractivity contribution in [1.29, 1.82) is 0 Å². The summed E-state index contributed by atoms with van der Waals surface area (Å²) >= 11 is 0.